The van der Waals surface area contributed by atoms with Gasteiger partial charge in [0.2, 0.25) is 5.91 Å². The lowest BCUT2D eigenvalue weighted by Gasteiger charge is -2.14. The summed E-state index contributed by atoms with van der Waals surface area (Å²) in [5.41, 5.74) is 2.39. The van der Waals surface area contributed by atoms with Crippen LogP contribution in [0.5, 0.6) is 0 Å². The van der Waals surface area contributed by atoms with Crippen molar-refractivity contribution in [2.75, 3.05) is 12.4 Å². The molecule has 1 aromatic carbocycles. The van der Waals surface area contributed by atoms with E-state index in [0.717, 1.165) is 11.3 Å². The van der Waals surface area contributed by atoms with Crippen LogP contribution in [0.3, 0.4) is 0 Å². The highest BCUT2D eigenvalue weighted by molar-refractivity contribution is 8.00. The molecule has 1 atom stereocenters. The van der Waals surface area contributed by atoms with Gasteiger partial charge in [0.15, 0.2) is 0 Å². The van der Waals surface area contributed by atoms with Gasteiger partial charge in [0.25, 0.3) is 0 Å². The Balaban J connectivity index is 2.49. The van der Waals surface area contributed by atoms with Crippen LogP contribution in [0.1, 0.15) is 24.5 Å². The number of carbonyl (C=O) groups excluding carboxylic acids is 1. The number of nitrogens with one attached hydrogen (secondary N) is 1. The summed E-state index contributed by atoms with van der Waals surface area (Å²) in [7, 11) is 0. The lowest BCUT2D eigenvalue weighted by atomic mass is 10.2. The average Bonchev–Trinajstić information content (AvgIpc) is 2.37. The standard InChI is InChI=1S/C14H21NO2S/c1-4-12(8-16)15-14(17)9-18-13-7-10(2)5-6-11(13)3/h5-7,12,16H,4,8-9H2,1-3H3,(H,15,17). The SMILES string of the molecule is CCC(CO)NC(=O)CSc1cc(C)ccc1C. The fraction of sp³-hybridized carbons (Fsp3) is 0.500. The molecule has 0 spiro atoms. The number of hydrogen-bond acceptors (Lipinski definition) is 3. The normalized spacial score (nSPS) is 12.2. The van der Waals surface area contributed by atoms with Gasteiger partial charge in [-0.3, -0.25) is 4.79 Å². The molecule has 0 heterocycles. The molecule has 1 amide bonds. The van der Waals surface area contributed by atoms with E-state index in [2.05, 4.69) is 23.5 Å². The summed E-state index contributed by atoms with van der Waals surface area (Å²) in [6.45, 7) is 6.03. The van der Waals surface area contributed by atoms with Crippen molar-refractivity contribution in [2.45, 2.75) is 38.1 Å². The van der Waals surface area contributed by atoms with Crippen LogP contribution in [0.4, 0.5) is 0 Å². The fourth-order valence-electron chi connectivity index (χ4n) is 1.55. The Morgan fingerprint density at radius 3 is 2.78 bits per heavy atom. The van der Waals surface area contributed by atoms with Gasteiger partial charge >= 0.3 is 0 Å². The summed E-state index contributed by atoms with van der Waals surface area (Å²) in [4.78, 5) is 12.8. The van der Waals surface area contributed by atoms with E-state index in [0.29, 0.717) is 5.75 Å². The zero-order chi connectivity index (χ0) is 13.5. The van der Waals surface area contributed by atoms with E-state index in [1.165, 1.54) is 22.9 Å². The molecule has 18 heavy (non-hydrogen) atoms. The summed E-state index contributed by atoms with van der Waals surface area (Å²) in [5, 5.41) is 11.8. The van der Waals surface area contributed by atoms with Gasteiger partial charge in [-0.1, -0.05) is 24.6 Å². The number of carbonyl (C=O) groups is 1. The van der Waals surface area contributed by atoms with E-state index in [-0.39, 0.29) is 18.6 Å². The molecule has 1 unspecified atom stereocenters. The molecular weight excluding hydrogens is 246 g/mol. The first-order valence-corrected chi connectivity index (χ1v) is 7.15. The maximum Gasteiger partial charge on any atom is 0.230 e. The van der Waals surface area contributed by atoms with Gasteiger partial charge in [0.1, 0.15) is 0 Å². The van der Waals surface area contributed by atoms with E-state index in [9.17, 15) is 4.79 Å². The summed E-state index contributed by atoms with van der Waals surface area (Å²) >= 11 is 1.54. The van der Waals surface area contributed by atoms with E-state index in [1.54, 1.807) is 0 Å². The molecule has 2 N–H and O–H groups in total. The molecule has 0 aliphatic carbocycles. The number of thioether (sulfide) groups is 1. The summed E-state index contributed by atoms with van der Waals surface area (Å²) in [5.74, 6) is 0.364. The van der Waals surface area contributed by atoms with Gasteiger partial charge in [-0.15, -0.1) is 11.8 Å². The maximum atomic E-state index is 11.7. The molecule has 100 valence electrons. The smallest absolute Gasteiger partial charge is 0.230 e. The number of aliphatic hydroxyl groups is 1. The van der Waals surface area contributed by atoms with Crippen molar-refractivity contribution in [1.82, 2.24) is 5.32 Å². The van der Waals surface area contributed by atoms with Crippen molar-refractivity contribution in [1.29, 1.82) is 0 Å². The zero-order valence-corrected chi connectivity index (χ0v) is 12.0. The Morgan fingerprint density at radius 1 is 1.44 bits per heavy atom. The van der Waals surface area contributed by atoms with Crippen molar-refractivity contribution in [2.24, 2.45) is 0 Å². The third kappa shape index (κ3) is 4.70. The van der Waals surface area contributed by atoms with Gasteiger partial charge in [0, 0.05) is 4.90 Å². The molecule has 0 aliphatic rings. The highest BCUT2D eigenvalue weighted by Crippen LogP contribution is 2.23. The predicted molar refractivity (Wildman–Crippen MR) is 75.9 cm³/mol. The van der Waals surface area contributed by atoms with Crippen molar-refractivity contribution in [3.05, 3.63) is 29.3 Å². The first-order chi connectivity index (χ1) is 8.56. The number of aliphatic hydroxyl groups excluding tert-OH is 1. The molecule has 1 aromatic rings. The molecule has 0 aliphatic heterocycles. The van der Waals surface area contributed by atoms with Crippen molar-refractivity contribution in [3.63, 3.8) is 0 Å². The Kier molecular flexibility index (Phi) is 6.22. The zero-order valence-electron chi connectivity index (χ0n) is 11.2. The molecule has 4 heteroatoms. The molecule has 0 bridgehead atoms. The van der Waals surface area contributed by atoms with Crippen LogP contribution in [0.2, 0.25) is 0 Å². The van der Waals surface area contributed by atoms with Gasteiger partial charge in [-0.2, -0.15) is 0 Å². The molecule has 0 saturated carbocycles. The molecule has 3 nitrogen and oxygen atoms in total. The van der Waals surface area contributed by atoms with Gasteiger partial charge in [-0.25, -0.2) is 0 Å². The number of rotatable bonds is 6. The van der Waals surface area contributed by atoms with Crippen LogP contribution >= 0.6 is 11.8 Å². The Morgan fingerprint density at radius 2 is 2.17 bits per heavy atom. The van der Waals surface area contributed by atoms with Crippen molar-refractivity contribution in [3.8, 4) is 0 Å². The van der Waals surface area contributed by atoms with E-state index < -0.39 is 0 Å². The third-order valence-electron chi connectivity index (χ3n) is 2.78. The average molecular weight is 267 g/mol. The molecule has 0 fully saturated rings. The van der Waals surface area contributed by atoms with Gasteiger partial charge in [0.05, 0.1) is 18.4 Å². The molecular formula is C14H21NO2S. The van der Waals surface area contributed by atoms with Crippen LogP contribution in [0, 0.1) is 13.8 Å². The van der Waals surface area contributed by atoms with Gasteiger partial charge in [-0.05, 0) is 31.9 Å². The second-order valence-electron chi connectivity index (χ2n) is 4.41. The van der Waals surface area contributed by atoms with E-state index in [4.69, 9.17) is 5.11 Å². The third-order valence-corrected chi connectivity index (χ3v) is 3.94. The summed E-state index contributed by atoms with van der Waals surface area (Å²) in [6, 6.07) is 6.10. The summed E-state index contributed by atoms with van der Waals surface area (Å²) in [6.07, 6.45) is 0.746. The maximum absolute atomic E-state index is 11.7. The second-order valence-corrected chi connectivity index (χ2v) is 5.43. The predicted octanol–water partition coefficient (Wildman–Crippen LogP) is 2.28. The Hall–Kier alpha value is -1.00. The molecule has 1 rings (SSSR count). The van der Waals surface area contributed by atoms with Crippen LogP contribution in [0.15, 0.2) is 23.1 Å². The van der Waals surface area contributed by atoms with Crippen LogP contribution in [-0.4, -0.2) is 29.4 Å². The largest absolute Gasteiger partial charge is 0.394 e. The van der Waals surface area contributed by atoms with E-state index in [1.807, 2.05) is 20.8 Å². The Bertz CT molecular complexity index is 403. The minimum atomic E-state index is -0.128. The minimum absolute atomic E-state index is 0.00359. The lowest BCUT2D eigenvalue weighted by Crippen LogP contribution is -2.37. The summed E-state index contributed by atoms with van der Waals surface area (Å²) < 4.78 is 0. The second kappa shape index (κ2) is 7.44. The first kappa shape index (κ1) is 15.1. The minimum Gasteiger partial charge on any atom is -0.394 e. The molecule has 0 saturated heterocycles. The van der Waals surface area contributed by atoms with Crippen LogP contribution in [-0.2, 0) is 4.79 Å². The van der Waals surface area contributed by atoms with Crippen molar-refractivity contribution >= 4 is 17.7 Å². The molecule has 0 aromatic heterocycles. The number of amides is 1. The van der Waals surface area contributed by atoms with Crippen LogP contribution < -0.4 is 5.32 Å². The first-order valence-electron chi connectivity index (χ1n) is 6.17. The highest BCUT2D eigenvalue weighted by Gasteiger charge is 2.10. The quantitative estimate of drug-likeness (QED) is 0.777. The number of hydrogen-bond donors (Lipinski definition) is 2. The fourth-order valence-corrected chi connectivity index (χ4v) is 2.49. The van der Waals surface area contributed by atoms with Crippen molar-refractivity contribution < 1.29 is 9.90 Å². The lowest BCUT2D eigenvalue weighted by molar-refractivity contribution is -0.119. The number of benzene rings is 1. The van der Waals surface area contributed by atoms with Gasteiger partial charge < -0.3 is 10.4 Å². The molecule has 0 radical (unpaired) electrons. The highest BCUT2D eigenvalue weighted by atomic mass is 32.2. The number of aryl methyl sites for hydroxylation is 2. The van der Waals surface area contributed by atoms with Crippen LogP contribution in [0.25, 0.3) is 0 Å². The monoisotopic (exact) mass is 267 g/mol. The Labute approximate surface area is 113 Å². The van der Waals surface area contributed by atoms with E-state index >= 15 is 0 Å². The topological polar surface area (TPSA) is 49.3 Å².